The number of hydrogen-bond acceptors (Lipinski definition) is 18. The summed E-state index contributed by atoms with van der Waals surface area (Å²) in [6.45, 7) is 10.6. The van der Waals surface area contributed by atoms with Gasteiger partial charge in [-0.05, 0) is 320 Å². The third-order valence-electron chi connectivity index (χ3n) is 26.3. The summed E-state index contributed by atoms with van der Waals surface area (Å²) in [4.78, 5) is 113. The molecule has 3 fully saturated rings. The molecule has 3 aliphatic heterocycles. The molecule has 3 saturated heterocycles. The lowest BCUT2D eigenvalue weighted by molar-refractivity contribution is -0.140. The Morgan fingerprint density at radius 3 is 0.932 bits per heavy atom. The first-order valence-electron chi connectivity index (χ1n) is 48.9. The van der Waals surface area contributed by atoms with Gasteiger partial charge in [0.15, 0.2) is 0 Å². The predicted molar refractivity (Wildman–Crippen MR) is 538 cm³/mol. The minimum Gasteiger partial charge on any atom is -0.381 e. The van der Waals surface area contributed by atoms with E-state index < -0.39 is 123 Å². The van der Waals surface area contributed by atoms with Gasteiger partial charge in [-0.2, -0.15) is 51.3 Å². The minimum absolute atomic E-state index is 0.0711. The molecule has 786 valence electrons. The molecule has 0 aliphatic carbocycles. The lowest BCUT2D eigenvalue weighted by atomic mass is 10.0. The highest BCUT2D eigenvalue weighted by molar-refractivity contribution is 7.99. The van der Waals surface area contributed by atoms with Crippen molar-refractivity contribution in [3.8, 4) is 17.1 Å². The third-order valence-corrected chi connectivity index (χ3v) is 27.4. The standard InChI is InChI=1S/C38H45F5N6O2.C35H38F5N5O3.C35H38F5N5O2S/c1-25(2)47-19-16-28(17-20-47)44-18-15-34(36-45-33-8-6-5-7-30(33)37(51)49(36)29-12-10-27(39)11-13-29)48(22-21-46(3)4)35(50)24-26-9-14-31(32(40)23-26)38(41,42)43;2*1-43(2)17-18-44(32(46)22-23-7-12-28(29(37)21-23)35(38,39)40)31(13-16-41-25-14-19-48-20-15-25)33-42-30-6-4-3-5-27(30)34(47)45(33)26-10-8-24(36)9-11-26/h5-14,23,25,28,34,44H,15-22,24H2,1-4H3;2*3-12,21,25,31,41H,13-20,22H2,1-2H3. The van der Waals surface area contributed by atoms with Crippen LogP contribution in [0.4, 0.5) is 65.9 Å². The van der Waals surface area contributed by atoms with Crippen molar-refractivity contribution in [2.75, 3.05) is 139 Å². The molecule has 3 atom stereocenters. The van der Waals surface area contributed by atoms with Crippen LogP contribution in [0.25, 0.3) is 49.8 Å². The molecule has 0 spiro atoms. The number of nitrogens with one attached hydrogen (secondary N) is 3. The molecule has 15 rings (SSSR count). The largest absolute Gasteiger partial charge is 0.419 e. The average Bonchev–Trinajstić information content (AvgIpc) is 0.762. The van der Waals surface area contributed by atoms with Gasteiger partial charge in [0.05, 0.1) is 104 Å². The fourth-order valence-electron chi connectivity index (χ4n) is 18.4. The van der Waals surface area contributed by atoms with Crippen molar-refractivity contribution in [3.63, 3.8) is 0 Å². The predicted octanol–water partition coefficient (Wildman–Crippen LogP) is 18.0. The number of rotatable bonds is 37. The highest BCUT2D eigenvalue weighted by atomic mass is 32.2. The van der Waals surface area contributed by atoms with Crippen LogP contribution in [-0.4, -0.2) is 244 Å². The quantitative estimate of drug-likeness (QED) is 0.0308. The van der Waals surface area contributed by atoms with E-state index in [9.17, 15) is 94.6 Å². The summed E-state index contributed by atoms with van der Waals surface area (Å²) < 4.78 is 215. The number of carbonyl (C=O) groups excluding carboxylic acids is 3. The van der Waals surface area contributed by atoms with E-state index in [1.807, 2.05) is 68.7 Å². The topological polar surface area (TPSA) is 224 Å². The number of fused-ring (bicyclic) bond motifs is 3. The molecule has 3 aliphatic rings. The SMILES string of the molecule is CC(C)N1CCC(NCCC(c2nc3ccccc3c(=O)n2-c2ccc(F)cc2)N(CCN(C)C)C(=O)Cc2ccc(C(F)(F)F)c(F)c2)CC1.CN(C)CCN(C(=O)Cc1ccc(C(F)(F)F)c(F)c1)C(CCNC1CCOCC1)c1nc2ccccc2c(=O)n1-c1ccc(F)cc1.CN(C)CCN(C(=O)Cc1ccc(C(F)(F)F)c(F)c1)C(CCNC1CCSCC1)c1nc2ccccc2c(=O)n1-c1ccc(F)cc1. The molecular formula is C108H121F15N16O7S. The Balaban J connectivity index is 0.000000184. The number of likely N-dealkylation sites (tertiary alicyclic amines) is 1. The summed E-state index contributed by atoms with van der Waals surface area (Å²) in [5.41, 5.74) is -2.88. The van der Waals surface area contributed by atoms with Crippen LogP contribution in [0.3, 0.4) is 0 Å². The number of aromatic nitrogens is 6. The number of para-hydroxylation sites is 3. The molecule has 3 amide bonds. The zero-order valence-corrected chi connectivity index (χ0v) is 83.8. The number of likely N-dealkylation sites (N-methyl/N-ethyl adjacent to an activating group) is 3. The second-order valence-electron chi connectivity index (χ2n) is 37.9. The van der Waals surface area contributed by atoms with Crippen LogP contribution < -0.4 is 32.6 Å². The molecule has 9 aromatic carbocycles. The number of thioether (sulfide) groups is 1. The Morgan fingerprint density at radius 1 is 0.381 bits per heavy atom. The van der Waals surface area contributed by atoms with Gasteiger partial charge in [0, 0.05) is 76.6 Å². The second kappa shape index (κ2) is 51.1. The van der Waals surface area contributed by atoms with Gasteiger partial charge in [0.25, 0.3) is 16.7 Å². The van der Waals surface area contributed by atoms with Crippen LogP contribution in [0.2, 0.25) is 0 Å². The normalized spacial score (nSPS) is 15.0. The number of piperidine rings is 1. The minimum atomic E-state index is -4.88. The molecule has 6 heterocycles. The number of hydrogen-bond donors (Lipinski definition) is 3. The number of carbonyl (C=O) groups is 3. The monoisotopic (exact) mass is 2070 g/mol. The van der Waals surface area contributed by atoms with Crippen molar-refractivity contribution in [1.82, 2.24) is 78.9 Å². The molecule has 0 radical (unpaired) electrons. The highest BCUT2D eigenvalue weighted by Crippen LogP contribution is 2.39. The Labute approximate surface area is 846 Å². The summed E-state index contributed by atoms with van der Waals surface area (Å²) in [6, 6.07) is 43.0. The van der Waals surface area contributed by atoms with Crippen LogP contribution in [0.5, 0.6) is 0 Å². The molecule has 0 saturated carbocycles. The maximum absolute atomic E-state index is 14.6. The van der Waals surface area contributed by atoms with Crippen molar-refractivity contribution in [2.45, 2.75) is 152 Å². The van der Waals surface area contributed by atoms with Crippen molar-refractivity contribution in [2.24, 2.45) is 0 Å². The summed E-state index contributed by atoms with van der Waals surface area (Å²) in [7, 11) is 11.0. The molecule has 23 nitrogen and oxygen atoms in total. The van der Waals surface area contributed by atoms with Gasteiger partial charge in [-0.1, -0.05) is 54.6 Å². The van der Waals surface area contributed by atoms with Crippen molar-refractivity contribution in [3.05, 3.63) is 317 Å². The Bertz CT molecular complexity index is 6390. The second-order valence-corrected chi connectivity index (χ2v) is 39.1. The first kappa shape index (κ1) is 112. The molecule has 12 aromatic rings. The van der Waals surface area contributed by atoms with Crippen LogP contribution in [-0.2, 0) is 56.9 Å². The van der Waals surface area contributed by atoms with Crippen molar-refractivity contribution < 1.29 is 85.0 Å². The van der Waals surface area contributed by atoms with Crippen LogP contribution in [0, 0.1) is 34.9 Å². The van der Waals surface area contributed by atoms with Crippen LogP contribution in [0.1, 0.15) is 141 Å². The number of nitrogens with zero attached hydrogens (tertiary/aromatic N) is 13. The number of benzene rings is 9. The number of halogens is 15. The highest BCUT2D eigenvalue weighted by Gasteiger charge is 2.41. The van der Waals surface area contributed by atoms with Crippen LogP contribution >= 0.6 is 11.8 Å². The van der Waals surface area contributed by atoms with E-state index in [4.69, 9.17) is 19.7 Å². The Morgan fingerprint density at radius 2 is 0.660 bits per heavy atom. The molecule has 0 bridgehead atoms. The zero-order valence-electron chi connectivity index (χ0n) is 82.9. The van der Waals surface area contributed by atoms with Gasteiger partial charge in [-0.3, -0.25) is 42.5 Å². The van der Waals surface area contributed by atoms with Crippen molar-refractivity contribution >= 4 is 62.2 Å². The molecule has 147 heavy (non-hydrogen) atoms. The summed E-state index contributed by atoms with van der Waals surface area (Å²) in [6.07, 6.45) is -9.29. The zero-order chi connectivity index (χ0) is 106. The van der Waals surface area contributed by atoms with Crippen molar-refractivity contribution in [1.29, 1.82) is 0 Å². The molecule has 3 N–H and O–H groups in total. The number of alkyl halides is 9. The number of ether oxygens (including phenoxy) is 1. The summed E-state index contributed by atoms with van der Waals surface area (Å²) in [5, 5.41) is 11.8. The molecule has 3 aromatic heterocycles. The fourth-order valence-corrected chi connectivity index (χ4v) is 19.5. The van der Waals surface area contributed by atoms with Gasteiger partial charge in [0.2, 0.25) is 17.7 Å². The maximum atomic E-state index is 14.6. The van der Waals surface area contributed by atoms with Gasteiger partial charge in [-0.25, -0.2) is 41.3 Å². The van der Waals surface area contributed by atoms with E-state index in [0.29, 0.717) is 146 Å². The van der Waals surface area contributed by atoms with Gasteiger partial charge in [0.1, 0.15) is 52.4 Å². The smallest absolute Gasteiger partial charge is 0.381 e. The summed E-state index contributed by atoms with van der Waals surface area (Å²) in [5.74, 6) is -4.45. The lowest BCUT2D eigenvalue weighted by Crippen LogP contribution is -2.46. The van der Waals surface area contributed by atoms with Gasteiger partial charge in [-0.15, -0.1) is 0 Å². The van der Waals surface area contributed by atoms with E-state index in [0.717, 1.165) is 99.5 Å². The van der Waals surface area contributed by atoms with E-state index >= 15 is 0 Å². The van der Waals surface area contributed by atoms with E-state index in [2.05, 4.69) is 34.7 Å². The van der Waals surface area contributed by atoms with Crippen LogP contribution in [0.15, 0.2) is 215 Å². The first-order valence-corrected chi connectivity index (χ1v) is 50.0. The first-order chi connectivity index (χ1) is 70.1. The van der Waals surface area contributed by atoms with E-state index in [-0.39, 0.29) is 91.2 Å². The fraction of sp³-hybridized carbons (Fsp3) is 0.417. The maximum Gasteiger partial charge on any atom is 0.419 e. The van der Waals surface area contributed by atoms with Gasteiger partial charge < -0.3 is 55.0 Å². The van der Waals surface area contributed by atoms with E-state index in [1.165, 1.54) is 86.5 Å². The Kier molecular flexibility index (Phi) is 39.0. The molecule has 3 unspecified atom stereocenters. The average molecular weight is 2070 g/mol. The lowest BCUT2D eigenvalue weighted by Gasteiger charge is -2.36. The molecular weight excluding hydrogens is 1950 g/mol. The summed E-state index contributed by atoms with van der Waals surface area (Å²) >= 11 is 1.90. The van der Waals surface area contributed by atoms with E-state index in [1.54, 1.807) is 87.5 Å². The third kappa shape index (κ3) is 29.9. The molecule has 39 heteroatoms. The van der Waals surface area contributed by atoms with Gasteiger partial charge >= 0.3 is 18.5 Å². The number of amides is 3. The Hall–Kier alpha value is -12.2.